The molecule has 0 radical (unpaired) electrons. The zero-order chi connectivity index (χ0) is 15.3. The zero-order valence-corrected chi connectivity index (χ0v) is 12.8. The van der Waals surface area contributed by atoms with E-state index in [1.165, 1.54) is 0 Å². The van der Waals surface area contributed by atoms with Gasteiger partial charge in [-0.25, -0.2) is 0 Å². The Morgan fingerprint density at radius 1 is 1.43 bits per heavy atom. The molecule has 2 rings (SSSR count). The standard InChI is InChI=1S/C16H24N2O3/c1-16(9-3-12-21-16)15(19)18(11-4-10-17)13-5-7-14(20-2)8-6-13/h5-8H,3-4,9-12,17H2,1-2H3. The third-order valence-corrected chi connectivity index (χ3v) is 3.89. The molecule has 0 bridgehead atoms. The summed E-state index contributed by atoms with van der Waals surface area (Å²) in [6.45, 7) is 3.68. The Morgan fingerprint density at radius 2 is 2.14 bits per heavy atom. The number of ether oxygens (including phenoxy) is 2. The molecular formula is C16H24N2O3. The smallest absolute Gasteiger partial charge is 0.258 e. The number of carbonyl (C=O) groups excluding carboxylic acids is 1. The summed E-state index contributed by atoms with van der Waals surface area (Å²) >= 11 is 0. The van der Waals surface area contributed by atoms with Crippen LogP contribution in [-0.2, 0) is 9.53 Å². The fourth-order valence-electron chi connectivity index (χ4n) is 2.59. The number of amides is 1. The Bertz CT molecular complexity index is 467. The number of rotatable bonds is 6. The average molecular weight is 292 g/mol. The fourth-order valence-corrected chi connectivity index (χ4v) is 2.59. The van der Waals surface area contributed by atoms with E-state index in [2.05, 4.69) is 0 Å². The van der Waals surface area contributed by atoms with Crippen molar-refractivity contribution in [3.8, 4) is 5.75 Å². The Kier molecular flexibility index (Phi) is 5.20. The van der Waals surface area contributed by atoms with E-state index in [0.717, 1.165) is 30.7 Å². The van der Waals surface area contributed by atoms with E-state index in [9.17, 15) is 4.79 Å². The molecule has 1 aliphatic heterocycles. The molecule has 1 atom stereocenters. The van der Waals surface area contributed by atoms with Gasteiger partial charge in [-0.15, -0.1) is 0 Å². The fraction of sp³-hybridized carbons (Fsp3) is 0.562. The van der Waals surface area contributed by atoms with Gasteiger partial charge in [0.05, 0.1) is 7.11 Å². The third kappa shape index (κ3) is 3.54. The molecule has 1 saturated heterocycles. The first kappa shape index (κ1) is 15.8. The van der Waals surface area contributed by atoms with Gasteiger partial charge in [0.1, 0.15) is 11.4 Å². The number of anilines is 1. The first-order valence-electron chi connectivity index (χ1n) is 7.41. The summed E-state index contributed by atoms with van der Waals surface area (Å²) in [5, 5.41) is 0. The van der Waals surface area contributed by atoms with Gasteiger partial charge < -0.3 is 20.1 Å². The summed E-state index contributed by atoms with van der Waals surface area (Å²) < 4.78 is 10.8. The Morgan fingerprint density at radius 3 is 2.67 bits per heavy atom. The predicted molar refractivity (Wildman–Crippen MR) is 82.6 cm³/mol. The normalized spacial score (nSPS) is 21.3. The van der Waals surface area contributed by atoms with Crippen molar-refractivity contribution in [1.29, 1.82) is 0 Å². The zero-order valence-electron chi connectivity index (χ0n) is 12.8. The second-order valence-corrected chi connectivity index (χ2v) is 5.48. The number of hydrogen-bond acceptors (Lipinski definition) is 4. The molecule has 1 aromatic carbocycles. The minimum Gasteiger partial charge on any atom is -0.497 e. The summed E-state index contributed by atoms with van der Waals surface area (Å²) in [4.78, 5) is 14.6. The molecule has 1 aromatic rings. The van der Waals surface area contributed by atoms with Gasteiger partial charge >= 0.3 is 0 Å². The molecule has 5 heteroatoms. The van der Waals surface area contributed by atoms with E-state index < -0.39 is 5.60 Å². The first-order valence-corrected chi connectivity index (χ1v) is 7.41. The monoisotopic (exact) mass is 292 g/mol. The number of hydrogen-bond donors (Lipinski definition) is 1. The van der Waals surface area contributed by atoms with Crippen LogP contribution in [0.5, 0.6) is 5.75 Å². The lowest BCUT2D eigenvalue weighted by Gasteiger charge is -2.31. The van der Waals surface area contributed by atoms with Gasteiger partial charge in [0, 0.05) is 18.8 Å². The van der Waals surface area contributed by atoms with Crippen molar-refractivity contribution >= 4 is 11.6 Å². The number of methoxy groups -OCH3 is 1. The van der Waals surface area contributed by atoms with Crippen LogP contribution in [0.4, 0.5) is 5.69 Å². The van der Waals surface area contributed by atoms with E-state index >= 15 is 0 Å². The van der Waals surface area contributed by atoms with Crippen molar-refractivity contribution in [3.05, 3.63) is 24.3 Å². The molecule has 0 aliphatic carbocycles. The molecule has 0 aromatic heterocycles. The topological polar surface area (TPSA) is 64.8 Å². The van der Waals surface area contributed by atoms with Crippen LogP contribution in [0.2, 0.25) is 0 Å². The molecule has 0 saturated carbocycles. The van der Waals surface area contributed by atoms with Crippen LogP contribution in [0, 0.1) is 0 Å². The van der Waals surface area contributed by atoms with E-state index in [0.29, 0.717) is 19.7 Å². The number of nitrogens with zero attached hydrogens (tertiary/aromatic N) is 1. The van der Waals surface area contributed by atoms with Crippen LogP contribution >= 0.6 is 0 Å². The maximum atomic E-state index is 12.9. The lowest BCUT2D eigenvalue weighted by atomic mass is 10.0. The largest absolute Gasteiger partial charge is 0.497 e. The molecule has 116 valence electrons. The molecule has 1 amide bonds. The molecule has 1 aliphatic rings. The quantitative estimate of drug-likeness (QED) is 0.870. The van der Waals surface area contributed by atoms with Crippen LogP contribution in [0.1, 0.15) is 26.2 Å². The van der Waals surface area contributed by atoms with Crippen molar-refractivity contribution in [2.24, 2.45) is 5.73 Å². The summed E-state index contributed by atoms with van der Waals surface area (Å²) in [6, 6.07) is 7.50. The molecule has 5 nitrogen and oxygen atoms in total. The highest BCUT2D eigenvalue weighted by molar-refractivity contribution is 5.99. The molecule has 1 heterocycles. The minimum atomic E-state index is -0.714. The Balaban J connectivity index is 2.22. The molecule has 1 unspecified atom stereocenters. The van der Waals surface area contributed by atoms with Crippen molar-refractivity contribution in [2.75, 3.05) is 31.7 Å². The highest BCUT2D eigenvalue weighted by atomic mass is 16.5. The summed E-state index contributed by atoms with van der Waals surface area (Å²) in [5.41, 5.74) is 5.74. The minimum absolute atomic E-state index is 0.0126. The van der Waals surface area contributed by atoms with E-state index in [1.807, 2.05) is 31.2 Å². The molecule has 0 spiro atoms. The third-order valence-electron chi connectivity index (χ3n) is 3.89. The second-order valence-electron chi connectivity index (χ2n) is 5.48. The molecule has 1 fully saturated rings. The van der Waals surface area contributed by atoms with Crippen molar-refractivity contribution in [3.63, 3.8) is 0 Å². The Labute approximate surface area is 126 Å². The van der Waals surface area contributed by atoms with Gasteiger partial charge in [-0.1, -0.05) is 0 Å². The summed E-state index contributed by atoms with van der Waals surface area (Å²) in [5.74, 6) is 0.784. The maximum absolute atomic E-state index is 12.9. The average Bonchev–Trinajstić information content (AvgIpc) is 2.96. The van der Waals surface area contributed by atoms with Gasteiger partial charge in [-0.2, -0.15) is 0 Å². The van der Waals surface area contributed by atoms with Crippen LogP contribution in [-0.4, -0.2) is 38.3 Å². The van der Waals surface area contributed by atoms with E-state index in [-0.39, 0.29) is 5.91 Å². The second kappa shape index (κ2) is 6.91. The Hall–Kier alpha value is -1.59. The van der Waals surface area contributed by atoms with Gasteiger partial charge in [-0.3, -0.25) is 4.79 Å². The van der Waals surface area contributed by atoms with Crippen LogP contribution in [0.3, 0.4) is 0 Å². The summed E-state index contributed by atoms with van der Waals surface area (Å²) in [7, 11) is 1.62. The van der Waals surface area contributed by atoms with Crippen molar-refractivity contribution in [2.45, 2.75) is 31.8 Å². The number of nitrogens with two attached hydrogens (primary N) is 1. The SMILES string of the molecule is COc1ccc(N(CCCN)C(=O)C2(C)CCCO2)cc1. The van der Waals surface area contributed by atoms with Gasteiger partial charge in [0.15, 0.2) is 0 Å². The highest BCUT2D eigenvalue weighted by Gasteiger charge is 2.40. The number of benzene rings is 1. The predicted octanol–water partition coefficient (Wildman–Crippen LogP) is 1.95. The van der Waals surface area contributed by atoms with Crippen molar-refractivity contribution in [1.82, 2.24) is 0 Å². The molecule has 21 heavy (non-hydrogen) atoms. The molecular weight excluding hydrogens is 268 g/mol. The maximum Gasteiger partial charge on any atom is 0.258 e. The van der Waals surface area contributed by atoms with Crippen LogP contribution < -0.4 is 15.4 Å². The lowest BCUT2D eigenvalue weighted by molar-refractivity contribution is -0.136. The first-order chi connectivity index (χ1) is 10.1. The van der Waals surface area contributed by atoms with E-state index in [1.54, 1.807) is 12.0 Å². The van der Waals surface area contributed by atoms with Crippen molar-refractivity contribution < 1.29 is 14.3 Å². The molecule has 2 N–H and O–H groups in total. The highest BCUT2D eigenvalue weighted by Crippen LogP contribution is 2.30. The summed E-state index contributed by atoms with van der Waals surface area (Å²) in [6.07, 6.45) is 2.45. The van der Waals surface area contributed by atoms with Gasteiger partial charge in [0.2, 0.25) is 0 Å². The van der Waals surface area contributed by atoms with Gasteiger partial charge in [0.25, 0.3) is 5.91 Å². The van der Waals surface area contributed by atoms with Crippen LogP contribution in [0.25, 0.3) is 0 Å². The number of carbonyl (C=O) groups is 1. The van der Waals surface area contributed by atoms with Crippen LogP contribution in [0.15, 0.2) is 24.3 Å². The van der Waals surface area contributed by atoms with Gasteiger partial charge in [-0.05, 0) is 57.0 Å². The lowest BCUT2D eigenvalue weighted by Crippen LogP contribution is -2.47. The van der Waals surface area contributed by atoms with E-state index in [4.69, 9.17) is 15.2 Å².